The van der Waals surface area contributed by atoms with Crippen molar-refractivity contribution in [3.8, 4) is 16.3 Å². The fourth-order valence-corrected chi connectivity index (χ4v) is 4.18. The Hall–Kier alpha value is -3.65. The molecule has 4 N–H and O–H groups in total. The first-order valence-corrected chi connectivity index (χ1v) is 9.43. The highest BCUT2D eigenvalue weighted by Gasteiger charge is 2.13. The lowest BCUT2D eigenvalue weighted by atomic mass is 10.1. The summed E-state index contributed by atoms with van der Waals surface area (Å²) in [7, 11) is 1.68. The number of hydrogen-bond acceptors (Lipinski definition) is 7. The summed E-state index contributed by atoms with van der Waals surface area (Å²) in [4.78, 5) is 9.19. The fraction of sp³-hybridized carbons (Fsp3) is 0.0500. The molecule has 138 valence electrons. The van der Waals surface area contributed by atoms with E-state index in [0.29, 0.717) is 5.82 Å². The van der Waals surface area contributed by atoms with Crippen molar-refractivity contribution in [2.24, 2.45) is 0 Å². The zero-order chi connectivity index (χ0) is 19.1. The van der Waals surface area contributed by atoms with Crippen molar-refractivity contribution in [2.75, 3.05) is 18.2 Å². The lowest BCUT2D eigenvalue weighted by molar-refractivity contribution is 0.415. The van der Waals surface area contributed by atoms with Gasteiger partial charge in [-0.3, -0.25) is 5.10 Å². The average Bonchev–Trinajstić information content (AvgIpc) is 3.30. The van der Waals surface area contributed by atoms with Crippen LogP contribution in [0.3, 0.4) is 0 Å². The molecule has 0 saturated heterocycles. The second-order valence-corrected chi connectivity index (χ2v) is 7.36. The molecule has 0 saturated carbocycles. The van der Waals surface area contributed by atoms with E-state index in [4.69, 9.17) is 10.5 Å². The molecular formula is C20H16N6OS. The van der Waals surface area contributed by atoms with E-state index in [1.54, 1.807) is 30.7 Å². The Morgan fingerprint density at radius 1 is 1.11 bits per heavy atom. The van der Waals surface area contributed by atoms with E-state index in [-0.39, 0.29) is 5.95 Å². The Bertz CT molecular complexity index is 1310. The van der Waals surface area contributed by atoms with E-state index in [1.165, 1.54) is 4.70 Å². The summed E-state index contributed by atoms with van der Waals surface area (Å²) in [5.74, 6) is 1.72. The van der Waals surface area contributed by atoms with Crippen molar-refractivity contribution in [1.29, 1.82) is 0 Å². The monoisotopic (exact) mass is 388 g/mol. The van der Waals surface area contributed by atoms with Gasteiger partial charge in [0, 0.05) is 22.0 Å². The maximum atomic E-state index is 5.66. The lowest BCUT2D eigenvalue weighted by Gasteiger charge is -2.06. The van der Waals surface area contributed by atoms with Gasteiger partial charge in [0.25, 0.3) is 0 Å². The molecule has 3 aromatic heterocycles. The number of ether oxygens (including phenoxy) is 1. The van der Waals surface area contributed by atoms with Crippen molar-refractivity contribution in [2.45, 2.75) is 0 Å². The smallest absolute Gasteiger partial charge is 0.221 e. The molecule has 2 aromatic carbocycles. The number of methoxy groups -OCH3 is 1. The van der Waals surface area contributed by atoms with Crippen LogP contribution < -0.4 is 15.8 Å². The number of aromatic amines is 1. The molecule has 0 amide bonds. The first-order valence-electron chi connectivity index (χ1n) is 8.61. The molecule has 0 unspecified atom stereocenters. The maximum absolute atomic E-state index is 5.66. The third-order valence-corrected chi connectivity index (χ3v) is 5.59. The number of benzene rings is 2. The molecule has 7 nitrogen and oxygen atoms in total. The van der Waals surface area contributed by atoms with Crippen LogP contribution >= 0.6 is 11.3 Å². The minimum Gasteiger partial charge on any atom is -0.497 e. The number of H-pyrrole nitrogens is 1. The van der Waals surface area contributed by atoms with Crippen LogP contribution in [-0.4, -0.2) is 27.3 Å². The van der Waals surface area contributed by atoms with E-state index in [0.717, 1.165) is 38.3 Å². The zero-order valence-corrected chi connectivity index (χ0v) is 15.7. The van der Waals surface area contributed by atoms with Gasteiger partial charge in [-0.25, -0.2) is 4.98 Å². The lowest BCUT2D eigenvalue weighted by Crippen LogP contribution is -1.98. The number of anilines is 3. The van der Waals surface area contributed by atoms with E-state index in [1.807, 2.05) is 24.3 Å². The van der Waals surface area contributed by atoms with E-state index < -0.39 is 0 Å². The maximum Gasteiger partial charge on any atom is 0.221 e. The van der Waals surface area contributed by atoms with Gasteiger partial charge >= 0.3 is 0 Å². The summed E-state index contributed by atoms with van der Waals surface area (Å²) in [6.45, 7) is 0. The summed E-state index contributed by atoms with van der Waals surface area (Å²) >= 11 is 1.71. The van der Waals surface area contributed by atoms with Gasteiger partial charge < -0.3 is 15.8 Å². The highest BCUT2D eigenvalue weighted by atomic mass is 32.1. The van der Waals surface area contributed by atoms with Crippen molar-refractivity contribution in [1.82, 2.24) is 20.2 Å². The van der Waals surface area contributed by atoms with Gasteiger partial charge in [-0.2, -0.15) is 10.1 Å². The van der Waals surface area contributed by atoms with Crippen LogP contribution in [0.25, 0.3) is 31.6 Å². The molecule has 0 aliphatic heterocycles. The molecule has 0 aliphatic rings. The number of nitrogens with zero attached hydrogens (tertiary/aromatic N) is 3. The molecule has 0 radical (unpaired) electrons. The summed E-state index contributed by atoms with van der Waals surface area (Å²) in [5.41, 5.74) is 8.45. The van der Waals surface area contributed by atoms with Crippen LogP contribution in [-0.2, 0) is 0 Å². The Morgan fingerprint density at radius 2 is 2.04 bits per heavy atom. The third-order valence-electron chi connectivity index (χ3n) is 4.47. The quantitative estimate of drug-likeness (QED) is 0.417. The number of hydrogen-bond donors (Lipinski definition) is 3. The largest absolute Gasteiger partial charge is 0.497 e. The van der Waals surface area contributed by atoms with Gasteiger partial charge in [0.2, 0.25) is 5.95 Å². The van der Waals surface area contributed by atoms with Crippen LogP contribution in [0.15, 0.2) is 54.7 Å². The number of fused-ring (bicyclic) bond motifs is 2. The Labute approximate surface area is 164 Å². The predicted octanol–water partition coefficient (Wildman–Crippen LogP) is 4.57. The van der Waals surface area contributed by atoms with Crippen LogP contribution in [0.4, 0.5) is 17.5 Å². The number of nitrogen functional groups attached to an aromatic ring is 1. The minimum atomic E-state index is 0.232. The van der Waals surface area contributed by atoms with Gasteiger partial charge in [-0.15, -0.1) is 11.3 Å². The van der Waals surface area contributed by atoms with E-state index in [2.05, 4.69) is 43.7 Å². The normalized spacial score (nSPS) is 11.2. The second-order valence-electron chi connectivity index (χ2n) is 6.27. The average molecular weight is 388 g/mol. The summed E-state index contributed by atoms with van der Waals surface area (Å²) in [6.07, 6.45) is 1.62. The molecule has 8 heteroatoms. The molecule has 5 aromatic rings. The molecule has 5 rings (SSSR count). The first-order chi connectivity index (χ1) is 13.7. The van der Waals surface area contributed by atoms with Gasteiger partial charge in [0.1, 0.15) is 17.3 Å². The molecule has 0 fully saturated rings. The van der Waals surface area contributed by atoms with E-state index >= 15 is 0 Å². The number of rotatable bonds is 4. The summed E-state index contributed by atoms with van der Waals surface area (Å²) < 4.78 is 6.52. The van der Waals surface area contributed by atoms with Crippen molar-refractivity contribution >= 4 is 49.8 Å². The number of thiophene rings is 1. The Balaban J connectivity index is 1.56. The van der Waals surface area contributed by atoms with Crippen LogP contribution in [0.2, 0.25) is 0 Å². The van der Waals surface area contributed by atoms with Gasteiger partial charge in [-0.1, -0.05) is 0 Å². The van der Waals surface area contributed by atoms with Crippen LogP contribution in [0, 0.1) is 0 Å². The molecular weight excluding hydrogens is 372 g/mol. The topological polar surface area (TPSA) is 102 Å². The summed E-state index contributed by atoms with van der Waals surface area (Å²) in [6, 6.07) is 16.0. The Kier molecular flexibility index (Phi) is 3.84. The van der Waals surface area contributed by atoms with Gasteiger partial charge in [-0.05, 0) is 53.9 Å². The van der Waals surface area contributed by atoms with Crippen LogP contribution in [0.1, 0.15) is 0 Å². The van der Waals surface area contributed by atoms with Crippen molar-refractivity contribution < 1.29 is 4.74 Å². The molecule has 3 heterocycles. The SMILES string of the molecule is COc1ccc2sc(-c3n[nH]c4ccc(Nc5ccnc(N)n5)cc34)cc2c1. The highest BCUT2D eigenvalue weighted by molar-refractivity contribution is 7.22. The molecule has 0 bridgehead atoms. The summed E-state index contributed by atoms with van der Waals surface area (Å²) in [5, 5.41) is 13.1. The predicted molar refractivity (Wildman–Crippen MR) is 113 cm³/mol. The number of aromatic nitrogens is 4. The second kappa shape index (κ2) is 6.50. The zero-order valence-electron chi connectivity index (χ0n) is 14.9. The number of nitrogens with two attached hydrogens (primary N) is 1. The molecule has 0 spiro atoms. The molecule has 28 heavy (non-hydrogen) atoms. The van der Waals surface area contributed by atoms with Crippen LogP contribution in [0.5, 0.6) is 5.75 Å². The fourth-order valence-electron chi connectivity index (χ4n) is 3.14. The van der Waals surface area contributed by atoms with E-state index in [9.17, 15) is 0 Å². The molecule has 0 atom stereocenters. The third kappa shape index (κ3) is 2.89. The highest BCUT2D eigenvalue weighted by Crippen LogP contribution is 2.38. The van der Waals surface area contributed by atoms with Gasteiger partial charge in [0.15, 0.2) is 0 Å². The first kappa shape index (κ1) is 16.5. The van der Waals surface area contributed by atoms with Crippen molar-refractivity contribution in [3.05, 3.63) is 54.7 Å². The van der Waals surface area contributed by atoms with Crippen molar-refractivity contribution in [3.63, 3.8) is 0 Å². The Morgan fingerprint density at radius 3 is 2.89 bits per heavy atom. The number of nitrogens with one attached hydrogen (secondary N) is 2. The minimum absolute atomic E-state index is 0.232. The standard InChI is InChI=1S/C20H16N6OS/c1-27-13-3-5-16-11(8-13)9-17(28-16)19-14-10-12(2-4-15(14)25-26-19)23-18-6-7-22-20(21)24-18/h2-10H,1H3,(H,25,26)(H3,21,22,23,24). The van der Waals surface area contributed by atoms with Gasteiger partial charge in [0.05, 0.1) is 17.5 Å². The molecule has 0 aliphatic carbocycles.